The molecule has 5 nitrogen and oxygen atoms in total. The summed E-state index contributed by atoms with van der Waals surface area (Å²) >= 11 is 0. The number of carbonyl (C=O) groups is 2. The lowest BCUT2D eigenvalue weighted by atomic mass is 9.69. The molecule has 2 N–H and O–H groups in total. The molecule has 0 aliphatic carbocycles. The van der Waals surface area contributed by atoms with Crippen LogP contribution in [0.15, 0.2) is 49.1 Å². The number of nitrogens with zero attached hydrogens (tertiary/aromatic N) is 1. The van der Waals surface area contributed by atoms with Crippen molar-refractivity contribution in [3.8, 4) is 11.8 Å². The summed E-state index contributed by atoms with van der Waals surface area (Å²) < 4.78 is 0. The van der Waals surface area contributed by atoms with Crippen LogP contribution >= 0.6 is 0 Å². The van der Waals surface area contributed by atoms with E-state index in [1.54, 1.807) is 6.07 Å². The molecule has 0 saturated heterocycles. The molecule has 5 heteroatoms. The average molecular weight is 504 g/mol. The second-order valence-electron chi connectivity index (χ2n) is 10.9. The third-order valence-corrected chi connectivity index (χ3v) is 7.54. The van der Waals surface area contributed by atoms with E-state index in [0.29, 0.717) is 5.56 Å². The fourth-order valence-electron chi connectivity index (χ4n) is 4.72. The minimum absolute atomic E-state index is 0.261. The van der Waals surface area contributed by atoms with Gasteiger partial charge in [0.1, 0.15) is 12.1 Å². The fraction of sp³-hybridized carbons (Fsp3) is 0.438. The van der Waals surface area contributed by atoms with E-state index >= 15 is 0 Å². The van der Waals surface area contributed by atoms with Gasteiger partial charge >= 0.3 is 5.97 Å². The molecule has 198 valence electrons. The molecule has 1 amide bonds. The Morgan fingerprint density at radius 1 is 1.00 bits per heavy atom. The number of rotatable bonds is 8. The van der Waals surface area contributed by atoms with E-state index in [0.717, 1.165) is 40.7 Å². The molecule has 1 atom stereocenters. The molecule has 2 aromatic rings. The summed E-state index contributed by atoms with van der Waals surface area (Å²) in [6.07, 6.45) is 3.22. The maximum atomic E-state index is 12.8. The van der Waals surface area contributed by atoms with E-state index in [1.165, 1.54) is 18.0 Å². The van der Waals surface area contributed by atoms with Crippen LogP contribution in [0.1, 0.15) is 85.6 Å². The number of likely N-dealkylation sites (N-methyl/N-ethyl adjacent to an activating group) is 1. The molecule has 0 radical (unpaired) electrons. The predicted molar refractivity (Wildman–Crippen MR) is 150 cm³/mol. The largest absolute Gasteiger partial charge is 0.480 e. The molecular weight excluding hydrogens is 462 g/mol. The number of hydrogen-bond donors (Lipinski definition) is 2. The van der Waals surface area contributed by atoms with Crippen molar-refractivity contribution in [3.63, 3.8) is 0 Å². The number of carboxylic acids is 1. The second kappa shape index (κ2) is 11.4. The van der Waals surface area contributed by atoms with Gasteiger partial charge in [-0.3, -0.25) is 9.59 Å². The molecule has 37 heavy (non-hydrogen) atoms. The minimum atomic E-state index is -1.30. The zero-order valence-corrected chi connectivity index (χ0v) is 23.5. The highest BCUT2D eigenvalue weighted by Gasteiger charge is 2.36. The molecule has 0 saturated carbocycles. The maximum Gasteiger partial charge on any atom is 0.323 e. The first-order valence-electron chi connectivity index (χ1n) is 12.7. The number of aliphatic carboxylic acids is 1. The Balaban J connectivity index is 2.52. The Hall–Kier alpha value is -3.36. The van der Waals surface area contributed by atoms with Gasteiger partial charge in [-0.15, -0.1) is 0 Å². The molecule has 0 aromatic heterocycles. The Morgan fingerprint density at radius 3 is 1.97 bits per heavy atom. The van der Waals surface area contributed by atoms with Crippen LogP contribution in [-0.2, 0) is 10.2 Å². The van der Waals surface area contributed by atoms with Gasteiger partial charge in [0.15, 0.2) is 0 Å². The summed E-state index contributed by atoms with van der Waals surface area (Å²) in [5, 5.41) is 20.0. The molecule has 0 bridgehead atoms. The lowest BCUT2D eigenvalue weighted by Crippen LogP contribution is -2.39. The van der Waals surface area contributed by atoms with E-state index in [4.69, 9.17) is 5.11 Å². The van der Waals surface area contributed by atoms with E-state index in [9.17, 15) is 14.7 Å². The van der Waals surface area contributed by atoms with Gasteiger partial charge in [0.05, 0.1) is 0 Å². The summed E-state index contributed by atoms with van der Waals surface area (Å²) in [5.41, 5.74) is 3.44. The number of carbonyl (C=O) groups excluding carboxylic acids is 1. The summed E-state index contributed by atoms with van der Waals surface area (Å²) in [4.78, 5) is 25.0. The lowest BCUT2D eigenvalue weighted by molar-refractivity contribution is -0.137. The van der Waals surface area contributed by atoms with Gasteiger partial charge in [0.25, 0.3) is 5.91 Å². The predicted octanol–water partition coefficient (Wildman–Crippen LogP) is 5.88. The lowest BCUT2D eigenvalue weighted by Gasteiger charge is -2.34. The summed E-state index contributed by atoms with van der Waals surface area (Å²) in [6, 6.07) is 12.1. The zero-order chi connectivity index (χ0) is 28.2. The van der Waals surface area contributed by atoms with Crippen molar-refractivity contribution in [1.82, 2.24) is 4.90 Å². The molecule has 0 aliphatic rings. The van der Waals surface area contributed by atoms with Crippen molar-refractivity contribution in [3.05, 3.63) is 82.4 Å². The fourth-order valence-corrected chi connectivity index (χ4v) is 4.72. The van der Waals surface area contributed by atoms with Crippen LogP contribution in [-0.4, -0.2) is 46.2 Å². The smallest absolute Gasteiger partial charge is 0.323 e. The van der Waals surface area contributed by atoms with Crippen LogP contribution in [0, 0.1) is 31.1 Å². The van der Waals surface area contributed by atoms with Gasteiger partial charge in [-0.25, -0.2) is 0 Å². The minimum Gasteiger partial charge on any atom is -0.480 e. The highest BCUT2D eigenvalue weighted by Crippen LogP contribution is 2.40. The SMILES string of the molecule is C=CC(O)(C#Cc1ccc(C(CC)(CC)c2ccc(C(=O)N(C)CC(=O)O)c(C)c2)cc1C)C(C)(C)C. The summed E-state index contributed by atoms with van der Waals surface area (Å²) in [5.74, 6) is 4.83. The first-order chi connectivity index (χ1) is 17.2. The molecule has 1 unspecified atom stereocenters. The Bertz CT molecular complexity index is 1240. The second-order valence-corrected chi connectivity index (χ2v) is 10.9. The Labute approximate surface area is 222 Å². The number of carboxylic acid groups (broad SMARTS) is 1. The van der Waals surface area contributed by atoms with Gasteiger partial charge in [-0.1, -0.05) is 77.3 Å². The standard InChI is InChI=1S/C32H41NO4/c1-10-31(11-2,26-15-16-27(23(5)20-26)29(36)33(9)21-28(34)35)25-14-13-24(22(4)19-25)17-18-32(37,12-3)30(6,7)8/h12-16,19-20,37H,3,10-11,21H2,1-2,4-9H3,(H,34,35). The van der Waals surface area contributed by atoms with Crippen molar-refractivity contribution < 1.29 is 19.8 Å². The van der Waals surface area contributed by atoms with Crippen LogP contribution in [0.3, 0.4) is 0 Å². The van der Waals surface area contributed by atoms with E-state index in [-0.39, 0.29) is 17.9 Å². The molecule has 0 heterocycles. The van der Waals surface area contributed by atoms with Crippen molar-refractivity contribution in [2.24, 2.45) is 5.41 Å². The molecular formula is C32H41NO4. The molecule has 0 spiro atoms. The van der Waals surface area contributed by atoms with Gasteiger partial charge in [-0.2, -0.15) is 0 Å². The Kier molecular flexibility index (Phi) is 9.17. The highest BCUT2D eigenvalue weighted by atomic mass is 16.4. The Morgan fingerprint density at radius 2 is 1.54 bits per heavy atom. The molecule has 2 rings (SSSR count). The van der Waals surface area contributed by atoms with Crippen LogP contribution in [0.2, 0.25) is 0 Å². The zero-order valence-electron chi connectivity index (χ0n) is 23.5. The monoisotopic (exact) mass is 503 g/mol. The van der Waals surface area contributed by atoms with E-state index in [2.05, 4.69) is 44.4 Å². The van der Waals surface area contributed by atoms with Gasteiger partial charge in [0.2, 0.25) is 0 Å². The third-order valence-electron chi connectivity index (χ3n) is 7.54. The van der Waals surface area contributed by atoms with Crippen LogP contribution in [0.25, 0.3) is 0 Å². The molecule has 0 fully saturated rings. The number of aliphatic hydroxyl groups is 1. The van der Waals surface area contributed by atoms with Crippen LogP contribution in [0.5, 0.6) is 0 Å². The summed E-state index contributed by atoms with van der Waals surface area (Å²) in [6.45, 7) is 17.5. The normalized spacial score (nSPS) is 13.2. The van der Waals surface area contributed by atoms with E-state index < -0.39 is 17.0 Å². The topological polar surface area (TPSA) is 77.8 Å². The van der Waals surface area contributed by atoms with Crippen molar-refractivity contribution in [2.45, 2.75) is 72.3 Å². The maximum absolute atomic E-state index is 12.8. The van der Waals surface area contributed by atoms with Crippen molar-refractivity contribution >= 4 is 11.9 Å². The summed E-state index contributed by atoms with van der Waals surface area (Å²) in [7, 11) is 1.50. The van der Waals surface area contributed by atoms with Crippen molar-refractivity contribution in [2.75, 3.05) is 13.6 Å². The number of amides is 1. The number of hydrogen-bond acceptors (Lipinski definition) is 3. The molecule has 0 aliphatic heterocycles. The van der Waals surface area contributed by atoms with Crippen LogP contribution < -0.4 is 0 Å². The first kappa shape index (κ1) is 29.9. The first-order valence-corrected chi connectivity index (χ1v) is 12.7. The van der Waals surface area contributed by atoms with E-state index in [1.807, 2.05) is 52.8 Å². The average Bonchev–Trinajstić information content (AvgIpc) is 2.83. The van der Waals surface area contributed by atoms with Crippen LogP contribution in [0.4, 0.5) is 0 Å². The number of benzene rings is 2. The third kappa shape index (κ3) is 6.14. The quantitative estimate of drug-likeness (QED) is 0.348. The number of aryl methyl sites for hydroxylation is 2. The highest BCUT2D eigenvalue weighted by molar-refractivity contribution is 5.97. The van der Waals surface area contributed by atoms with Gasteiger partial charge < -0.3 is 15.1 Å². The van der Waals surface area contributed by atoms with Crippen molar-refractivity contribution in [1.29, 1.82) is 0 Å². The molecule has 2 aromatic carbocycles. The van der Waals surface area contributed by atoms with Gasteiger partial charge in [-0.05, 0) is 67.2 Å². The van der Waals surface area contributed by atoms with Gasteiger partial charge in [0, 0.05) is 29.0 Å².